The molecule has 0 bridgehead atoms. The highest BCUT2D eigenvalue weighted by molar-refractivity contribution is 7.33. The molecule has 9 aromatic rings. The van der Waals surface area contributed by atoms with Crippen LogP contribution in [0, 0.1) is 17.7 Å². The second-order valence-electron chi connectivity index (χ2n) is 22.4. The SMILES string of the molecule is CCCCCCCCOC(=O)c1sc2c(-c3cc4c(-c5cc6sc(CC(CC)CCCC)cc6s5)c5sc(C(C)(C)C)cc5c(-c5cc6sc(CC(CC)CCCC)cc6s5)c4s3)sc(C(C)(C)CC)c2c1F. The van der Waals surface area contributed by atoms with Gasteiger partial charge in [-0.3, -0.25) is 0 Å². The lowest BCUT2D eigenvalue weighted by Crippen LogP contribution is -2.14. The van der Waals surface area contributed by atoms with Crippen LogP contribution >= 0.6 is 90.7 Å². The highest BCUT2D eigenvalue weighted by Gasteiger charge is 2.34. The van der Waals surface area contributed by atoms with E-state index >= 15 is 4.39 Å². The highest BCUT2D eigenvalue weighted by atomic mass is 32.1. The van der Waals surface area contributed by atoms with Gasteiger partial charge in [0, 0.05) is 89.6 Å². The average Bonchev–Trinajstić information content (AvgIpc) is 4.23. The second kappa shape index (κ2) is 23.6. The summed E-state index contributed by atoms with van der Waals surface area (Å²) in [5.41, 5.74) is 2.36. The summed E-state index contributed by atoms with van der Waals surface area (Å²) in [6.07, 6.45) is 20.0. The maximum Gasteiger partial charge on any atom is 0.351 e. The van der Waals surface area contributed by atoms with Crippen molar-refractivity contribution in [3.05, 3.63) is 66.6 Å². The summed E-state index contributed by atoms with van der Waals surface area (Å²) in [6, 6.07) is 15.0. The largest absolute Gasteiger partial charge is 0.461 e. The summed E-state index contributed by atoms with van der Waals surface area (Å²) in [5.74, 6) is 0.531. The first-order valence-electron chi connectivity index (χ1n) is 27.6. The Labute approximate surface area is 467 Å². The van der Waals surface area contributed by atoms with Crippen molar-refractivity contribution in [1.29, 1.82) is 0 Å². The lowest BCUT2D eigenvalue weighted by atomic mass is 9.87. The highest BCUT2D eigenvalue weighted by Crippen LogP contribution is 2.58. The van der Waals surface area contributed by atoms with E-state index in [1.54, 1.807) is 11.3 Å². The average molecular weight is 1130 g/mol. The molecule has 2 nitrogen and oxygen atoms in total. The fourth-order valence-electron chi connectivity index (χ4n) is 10.4. The van der Waals surface area contributed by atoms with Crippen LogP contribution in [-0.4, -0.2) is 12.6 Å². The Hall–Kier alpha value is -2.48. The van der Waals surface area contributed by atoms with Gasteiger partial charge in [0.05, 0.1) is 16.2 Å². The van der Waals surface area contributed by atoms with Crippen molar-refractivity contribution in [2.45, 2.75) is 196 Å². The molecular formula is C62H77FO2S8. The number of hydrogen-bond acceptors (Lipinski definition) is 10. The van der Waals surface area contributed by atoms with Crippen molar-refractivity contribution in [3.8, 4) is 30.6 Å². The van der Waals surface area contributed by atoms with Crippen LogP contribution in [0.2, 0.25) is 0 Å². The van der Waals surface area contributed by atoms with Crippen LogP contribution in [0.4, 0.5) is 4.39 Å². The van der Waals surface area contributed by atoms with E-state index in [9.17, 15) is 4.79 Å². The van der Waals surface area contributed by atoms with Crippen LogP contribution in [-0.2, 0) is 28.4 Å². The van der Waals surface area contributed by atoms with Gasteiger partial charge < -0.3 is 4.74 Å². The molecule has 0 N–H and O–H groups in total. The van der Waals surface area contributed by atoms with Gasteiger partial charge >= 0.3 is 5.97 Å². The molecule has 0 saturated carbocycles. The summed E-state index contributed by atoms with van der Waals surface area (Å²) >= 11 is 14.8. The lowest BCUT2D eigenvalue weighted by Gasteiger charge is -2.21. The molecule has 0 amide bonds. The Bertz CT molecular complexity index is 3110. The normalized spacial score (nSPS) is 13.6. The van der Waals surface area contributed by atoms with E-state index in [0.717, 1.165) is 56.9 Å². The van der Waals surface area contributed by atoms with Crippen LogP contribution in [0.3, 0.4) is 0 Å². The third kappa shape index (κ3) is 11.6. The molecule has 2 atom stereocenters. The van der Waals surface area contributed by atoms with Gasteiger partial charge in [0.25, 0.3) is 0 Å². The monoisotopic (exact) mass is 1130 g/mol. The Morgan fingerprint density at radius 3 is 1.63 bits per heavy atom. The third-order valence-corrected chi connectivity index (χ3v) is 25.8. The number of rotatable bonds is 25. The number of unbranched alkanes of at least 4 members (excludes halogenated alkanes) is 7. The molecular weight excluding hydrogens is 1050 g/mol. The van der Waals surface area contributed by atoms with Crippen LogP contribution < -0.4 is 0 Å². The standard InChI is InChI=1S/C62H77FO2S8/c1-12-18-21-22-23-24-27-65-60(64)58-53(63)52-57(72-58)56(73-59(52)62(10,11)17-6)48-32-40-50(46-34-44-42(68-46)30-38(66-44)28-36(15-4)25-19-13-2)55-41(33-49(71-55)61(7,8)9)51(54(40)70-48)47-35-45-43(69-47)31-39(67-45)29-37(16-5)26-20-14-3/h30-37H,12-29H2,1-11H3. The second-order valence-corrected chi connectivity index (χ2v) is 31.1. The minimum atomic E-state index is -0.529. The maximum absolute atomic E-state index is 17.1. The van der Waals surface area contributed by atoms with Gasteiger partial charge in [-0.2, -0.15) is 0 Å². The topological polar surface area (TPSA) is 26.3 Å². The fraction of sp³-hybridized carbons (Fsp3) is 0.532. The minimum absolute atomic E-state index is 0.0187. The summed E-state index contributed by atoms with van der Waals surface area (Å²) in [7, 11) is 0. The molecule has 0 aliphatic rings. The summed E-state index contributed by atoms with van der Waals surface area (Å²) in [4.78, 5) is 24.2. The van der Waals surface area contributed by atoms with Crippen molar-refractivity contribution in [2.24, 2.45) is 11.8 Å². The molecule has 1 aromatic carbocycles. The molecule has 0 aliphatic heterocycles. The smallest absolute Gasteiger partial charge is 0.351 e. The van der Waals surface area contributed by atoms with Crippen LogP contribution in [0.1, 0.15) is 202 Å². The Balaban J connectivity index is 1.23. The zero-order valence-electron chi connectivity index (χ0n) is 45.3. The fourth-order valence-corrected chi connectivity index (χ4v) is 21.2. The quantitative estimate of drug-likeness (QED) is 0.0421. The van der Waals surface area contributed by atoms with Gasteiger partial charge in [-0.05, 0) is 84.7 Å². The van der Waals surface area contributed by atoms with Crippen LogP contribution in [0.15, 0.2) is 36.4 Å². The Morgan fingerprint density at radius 1 is 0.562 bits per heavy atom. The number of fused-ring (bicyclic) bond motifs is 5. The molecule has 11 heteroatoms. The van der Waals surface area contributed by atoms with E-state index in [1.165, 1.54) is 169 Å². The number of thiophene rings is 8. The first-order valence-corrected chi connectivity index (χ1v) is 34.2. The van der Waals surface area contributed by atoms with Crippen molar-refractivity contribution in [2.75, 3.05) is 6.61 Å². The minimum Gasteiger partial charge on any atom is -0.461 e. The van der Waals surface area contributed by atoms with Gasteiger partial charge in [0.15, 0.2) is 5.82 Å². The van der Waals surface area contributed by atoms with E-state index in [-0.39, 0.29) is 15.7 Å². The van der Waals surface area contributed by atoms with Gasteiger partial charge in [-0.15, -0.1) is 90.7 Å². The molecule has 9 rings (SSSR count). The first kappa shape index (κ1) is 55.3. The van der Waals surface area contributed by atoms with E-state index < -0.39 is 11.8 Å². The van der Waals surface area contributed by atoms with Crippen molar-refractivity contribution in [1.82, 2.24) is 0 Å². The number of carbonyl (C=O) groups is 1. The van der Waals surface area contributed by atoms with Crippen LogP contribution in [0.5, 0.6) is 0 Å². The van der Waals surface area contributed by atoms with Crippen molar-refractivity contribution in [3.63, 3.8) is 0 Å². The predicted octanol–water partition coefficient (Wildman–Crippen LogP) is 24.1. The van der Waals surface area contributed by atoms with Gasteiger partial charge in [-0.1, -0.05) is 160 Å². The summed E-state index contributed by atoms with van der Waals surface area (Å²) in [5, 5.41) is 3.23. The molecule has 0 fully saturated rings. The molecule has 8 aromatic heterocycles. The summed E-state index contributed by atoms with van der Waals surface area (Å²) in [6.45, 7) is 25.6. The zero-order valence-corrected chi connectivity index (χ0v) is 51.8. The Morgan fingerprint density at radius 2 is 1.10 bits per heavy atom. The molecule has 8 heterocycles. The summed E-state index contributed by atoms with van der Waals surface area (Å²) < 4.78 is 32.0. The number of carbonyl (C=O) groups excluding carboxylic acids is 1. The molecule has 0 saturated heterocycles. The first-order chi connectivity index (χ1) is 35.1. The molecule has 0 spiro atoms. The molecule has 0 aliphatic carbocycles. The van der Waals surface area contributed by atoms with Crippen LogP contribution in [0.25, 0.3) is 79.7 Å². The Kier molecular flexibility index (Phi) is 17.9. The lowest BCUT2D eigenvalue weighted by molar-refractivity contribution is 0.0499. The number of esters is 1. The number of ether oxygens (including phenoxy) is 1. The zero-order chi connectivity index (χ0) is 51.8. The van der Waals surface area contributed by atoms with E-state index in [1.807, 2.05) is 68.0 Å². The molecule has 0 radical (unpaired) electrons. The van der Waals surface area contributed by atoms with E-state index in [2.05, 4.69) is 113 Å². The van der Waals surface area contributed by atoms with Gasteiger partial charge in [-0.25, -0.2) is 9.18 Å². The number of benzene rings is 1. The molecule has 73 heavy (non-hydrogen) atoms. The third-order valence-electron chi connectivity index (χ3n) is 15.4. The van der Waals surface area contributed by atoms with Gasteiger partial charge in [0.1, 0.15) is 4.88 Å². The van der Waals surface area contributed by atoms with E-state index in [4.69, 9.17) is 4.74 Å². The van der Waals surface area contributed by atoms with E-state index in [0.29, 0.717) is 12.0 Å². The molecule has 392 valence electrons. The molecule has 2 unspecified atom stereocenters. The van der Waals surface area contributed by atoms with Gasteiger partial charge in [0.2, 0.25) is 0 Å². The number of hydrogen-bond donors (Lipinski definition) is 0. The van der Waals surface area contributed by atoms with Crippen molar-refractivity contribution >= 4 is 146 Å². The number of halogens is 1. The van der Waals surface area contributed by atoms with Crippen molar-refractivity contribution < 1.29 is 13.9 Å². The maximum atomic E-state index is 17.1. The predicted molar refractivity (Wildman–Crippen MR) is 333 cm³/mol.